The van der Waals surface area contributed by atoms with Crippen LogP contribution < -0.4 is 0 Å². The highest BCUT2D eigenvalue weighted by atomic mass is 16.7. The summed E-state index contributed by atoms with van der Waals surface area (Å²) in [6.07, 6.45) is -3.27. The van der Waals surface area contributed by atoms with Crippen LogP contribution in [0.4, 0.5) is 0 Å². The van der Waals surface area contributed by atoms with Crippen molar-refractivity contribution >= 4 is 0 Å². The molecular weight excluding hydrogens is 152 g/mol. The van der Waals surface area contributed by atoms with Crippen LogP contribution in [0.2, 0.25) is 0 Å². The molecule has 0 radical (unpaired) electrons. The van der Waals surface area contributed by atoms with E-state index in [0.29, 0.717) is 0 Å². The van der Waals surface area contributed by atoms with Gasteiger partial charge in [0, 0.05) is 0 Å². The van der Waals surface area contributed by atoms with E-state index in [2.05, 4.69) is 0 Å². The summed E-state index contributed by atoms with van der Waals surface area (Å²) in [5.41, 5.74) is 0. The Hall–Kier alpha value is -0.200. The molecule has 0 spiro atoms. The Bertz CT molecular complexity index is 161. The number of epoxide rings is 1. The second kappa shape index (κ2) is 2.40. The number of rotatable bonds is 1. The van der Waals surface area contributed by atoms with Gasteiger partial charge in [0.15, 0.2) is 6.29 Å². The number of aliphatic hydroxyl groups is 3. The fraction of sp³-hybridized carbons (Fsp3) is 1.00. The zero-order chi connectivity index (χ0) is 8.01. The molecule has 0 aliphatic carbocycles. The number of hydrogen-bond donors (Lipinski definition) is 3. The molecule has 0 saturated carbocycles. The van der Waals surface area contributed by atoms with Crippen molar-refractivity contribution in [1.82, 2.24) is 0 Å². The van der Waals surface area contributed by atoms with Crippen molar-refractivity contribution in [2.24, 2.45) is 0 Å². The maximum Gasteiger partial charge on any atom is 0.184 e. The van der Waals surface area contributed by atoms with Crippen LogP contribution in [0.5, 0.6) is 0 Å². The predicted molar refractivity (Wildman–Crippen MR) is 32.6 cm³/mol. The van der Waals surface area contributed by atoms with E-state index >= 15 is 0 Å². The molecular formula is C6H10O5. The monoisotopic (exact) mass is 162 g/mol. The lowest BCUT2D eigenvalue weighted by Crippen LogP contribution is -2.46. The minimum Gasteiger partial charge on any atom is -0.394 e. The summed E-state index contributed by atoms with van der Waals surface area (Å²) < 4.78 is 9.73. The van der Waals surface area contributed by atoms with Gasteiger partial charge >= 0.3 is 0 Å². The van der Waals surface area contributed by atoms with Crippen molar-refractivity contribution in [3.63, 3.8) is 0 Å². The van der Waals surface area contributed by atoms with Crippen molar-refractivity contribution < 1.29 is 24.8 Å². The fourth-order valence-electron chi connectivity index (χ4n) is 1.34. The second-order valence-electron chi connectivity index (χ2n) is 2.80. The molecule has 2 saturated heterocycles. The van der Waals surface area contributed by atoms with Gasteiger partial charge in [0.2, 0.25) is 0 Å². The van der Waals surface area contributed by atoms with E-state index in [1.54, 1.807) is 0 Å². The first-order valence-corrected chi connectivity index (χ1v) is 3.52. The lowest BCUT2D eigenvalue weighted by molar-refractivity contribution is -0.194. The van der Waals surface area contributed by atoms with Crippen LogP contribution in [-0.4, -0.2) is 52.6 Å². The number of aliphatic hydroxyl groups excluding tert-OH is 3. The van der Waals surface area contributed by atoms with Crippen LogP contribution in [0.1, 0.15) is 0 Å². The minimum atomic E-state index is -0.999. The minimum absolute atomic E-state index is 0.301. The van der Waals surface area contributed by atoms with Gasteiger partial charge in [0.05, 0.1) is 6.61 Å². The normalized spacial score (nSPS) is 55.4. The van der Waals surface area contributed by atoms with E-state index in [0.717, 1.165) is 0 Å². The topological polar surface area (TPSA) is 82.5 Å². The Balaban J connectivity index is 2.02. The molecule has 2 heterocycles. The highest BCUT2D eigenvalue weighted by Crippen LogP contribution is 2.36. The van der Waals surface area contributed by atoms with E-state index < -0.39 is 24.6 Å². The van der Waals surface area contributed by atoms with Crippen molar-refractivity contribution in [3.05, 3.63) is 0 Å². The molecule has 0 amide bonds. The molecule has 2 aliphatic heterocycles. The zero-order valence-corrected chi connectivity index (χ0v) is 5.75. The Kier molecular flexibility index (Phi) is 1.62. The van der Waals surface area contributed by atoms with Gasteiger partial charge in [-0.05, 0) is 0 Å². The van der Waals surface area contributed by atoms with Crippen molar-refractivity contribution in [2.75, 3.05) is 6.61 Å². The van der Waals surface area contributed by atoms with Gasteiger partial charge < -0.3 is 24.8 Å². The standard InChI is InChI=1S/C6H10O5/c7-1-2-3(8)4-5(11-4)6(9)10-2/h2-9H,1H2/t2-,3-,4+,5+,6+/m1/s1. The average molecular weight is 162 g/mol. The van der Waals surface area contributed by atoms with Gasteiger partial charge in [0.25, 0.3) is 0 Å². The highest BCUT2D eigenvalue weighted by Gasteiger charge is 2.56. The average Bonchev–Trinajstić information content (AvgIpc) is 2.75. The lowest BCUT2D eigenvalue weighted by atomic mass is 10.1. The van der Waals surface area contributed by atoms with Crippen LogP contribution in [0.25, 0.3) is 0 Å². The maximum atomic E-state index is 9.28. The SMILES string of the molecule is OC[C@H]1O[C@H](O)[C@H]2O[C@H]2[C@@H]1O. The van der Waals surface area contributed by atoms with E-state index in [-0.39, 0.29) is 12.7 Å². The van der Waals surface area contributed by atoms with Gasteiger partial charge in [-0.15, -0.1) is 0 Å². The van der Waals surface area contributed by atoms with E-state index in [1.807, 2.05) is 0 Å². The molecule has 2 fully saturated rings. The van der Waals surface area contributed by atoms with Gasteiger partial charge in [-0.2, -0.15) is 0 Å². The molecule has 5 nitrogen and oxygen atoms in total. The molecule has 0 bridgehead atoms. The summed E-state index contributed by atoms with van der Waals surface area (Å²) in [5.74, 6) is 0. The van der Waals surface area contributed by atoms with Crippen molar-refractivity contribution in [3.8, 4) is 0 Å². The van der Waals surface area contributed by atoms with Gasteiger partial charge in [-0.1, -0.05) is 0 Å². The maximum absolute atomic E-state index is 9.28. The first-order valence-electron chi connectivity index (χ1n) is 3.52. The number of fused-ring (bicyclic) bond motifs is 1. The molecule has 2 aliphatic rings. The largest absolute Gasteiger partial charge is 0.394 e. The van der Waals surface area contributed by atoms with Gasteiger partial charge in [0.1, 0.15) is 24.4 Å². The third-order valence-electron chi connectivity index (χ3n) is 2.05. The quantitative estimate of drug-likeness (QED) is 0.382. The molecule has 2 rings (SSSR count). The van der Waals surface area contributed by atoms with Crippen LogP contribution in [0, 0.1) is 0 Å². The summed E-state index contributed by atoms with van der Waals surface area (Å²) >= 11 is 0. The Morgan fingerprint density at radius 3 is 2.45 bits per heavy atom. The number of ether oxygens (including phenoxy) is 2. The highest BCUT2D eigenvalue weighted by molar-refractivity contribution is 4.99. The zero-order valence-electron chi connectivity index (χ0n) is 5.75. The molecule has 0 aromatic carbocycles. The third-order valence-corrected chi connectivity index (χ3v) is 2.05. The predicted octanol–water partition coefficient (Wildman–Crippen LogP) is -2.18. The molecule has 0 unspecified atom stereocenters. The van der Waals surface area contributed by atoms with Crippen LogP contribution in [0.3, 0.4) is 0 Å². The lowest BCUT2D eigenvalue weighted by Gasteiger charge is -2.26. The van der Waals surface area contributed by atoms with Crippen LogP contribution >= 0.6 is 0 Å². The van der Waals surface area contributed by atoms with Gasteiger partial charge in [-0.25, -0.2) is 0 Å². The fourth-order valence-corrected chi connectivity index (χ4v) is 1.34. The molecule has 5 heteroatoms. The van der Waals surface area contributed by atoms with Gasteiger partial charge in [-0.3, -0.25) is 0 Å². The third kappa shape index (κ3) is 1.05. The van der Waals surface area contributed by atoms with E-state index in [4.69, 9.17) is 19.7 Å². The summed E-state index contributed by atoms with van der Waals surface area (Å²) in [4.78, 5) is 0. The summed E-state index contributed by atoms with van der Waals surface area (Å²) in [6, 6.07) is 0. The van der Waals surface area contributed by atoms with Crippen LogP contribution in [0.15, 0.2) is 0 Å². The molecule has 0 aromatic rings. The first-order chi connectivity index (χ1) is 5.24. The molecule has 0 aromatic heterocycles. The van der Waals surface area contributed by atoms with Crippen molar-refractivity contribution in [1.29, 1.82) is 0 Å². The first kappa shape index (κ1) is 7.45. The molecule has 64 valence electrons. The Morgan fingerprint density at radius 2 is 1.82 bits per heavy atom. The summed E-state index contributed by atoms with van der Waals surface area (Å²) in [5, 5.41) is 27.0. The summed E-state index contributed by atoms with van der Waals surface area (Å²) in [7, 11) is 0. The Morgan fingerprint density at radius 1 is 1.09 bits per heavy atom. The number of hydrogen-bond acceptors (Lipinski definition) is 5. The Labute approximate surface area is 63.2 Å². The van der Waals surface area contributed by atoms with E-state index in [9.17, 15) is 5.11 Å². The molecule has 3 N–H and O–H groups in total. The smallest absolute Gasteiger partial charge is 0.184 e. The van der Waals surface area contributed by atoms with E-state index in [1.165, 1.54) is 0 Å². The van der Waals surface area contributed by atoms with Crippen molar-refractivity contribution in [2.45, 2.75) is 30.7 Å². The van der Waals surface area contributed by atoms with Crippen LogP contribution in [-0.2, 0) is 9.47 Å². The molecule has 5 atom stereocenters. The molecule has 11 heavy (non-hydrogen) atoms. The second-order valence-corrected chi connectivity index (χ2v) is 2.80. The summed E-state index contributed by atoms with van der Waals surface area (Å²) in [6.45, 7) is -0.301.